The molecular weight excluding hydrogens is 286 g/mol. The number of nitrogens with zero attached hydrogens (tertiary/aromatic N) is 1. The summed E-state index contributed by atoms with van der Waals surface area (Å²) in [6.07, 6.45) is 0. The van der Waals surface area contributed by atoms with Crippen molar-refractivity contribution in [1.82, 2.24) is 0 Å². The summed E-state index contributed by atoms with van der Waals surface area (Å²) in [4.78, 5) is 10.9. The summed E-state index contributed by atoms with van der Waals surface area (Å²) in [5.74, 6) is -2.30. The van der Waals surface area contributed by atoms with E-state index in [1.54, 1.807) is 0 Å². The van der Waals surface area contributed by atoms with Crippen molar-refractivity contribution in [3.63, 3.8) is 0 Å². The minimum atomic E-state index is -4.61. The molecule has 0 unspecified atom stereocenters. The summed E-state index contributed by atoms with van der Waals surface area (Å²) in [6, 6.07) is 2.83. The quantitative estimate of drug-likeness (QED) is 0.486. The number of esters is 1. The van der Waals surface area contributed by atoms with Crippen molar-refractivity contribution in [3.8, 4) is 6.07 Å². The van der Waals surface area contributed by atoms with Crippen molar-refractivity contribution < 1.29 is 27.1 Å². The van der Waals surface area contributed by atoms with Crippen LogP contribution in [0.1, 0.15) is 22.8 Å². The van der Waals surface area contributed by atoms with Gasteiger partial charge in [-0.05, 0) is 30.8 Å². The first kappa shape index (κ1) is 15.3. The molecule has 3 nitrogen and oxygen atoms in total. The molecule has 0 aliphatic heterocycles. The van der Waals surface area contributed by atoms with Gasteiger partial charge in [0.05, 0.1) is 12.2 Å². The van der Waals surface area contributed by atoms with Gasteiger partial charge >= 0.3 is 11.5 Å². The number of alkyl halides is 3. The molecule has 0 fully saturated rings. The third kappa shape index (κ3) is 4.13. The van der Waals surface area contributed by atoms with Crippen LogP contribution in [0.4, 0.5) is 17.6 Å². The molecule has 0 radical (unpaired) electrons. The van der Waals surface area contributed by atoms with Crippen LogP contribution in [-0.4, -0.2) is 18.1 Å². The third-order valence-electron chi connectivity index (χ3n) is 1.90. The zero-order valence-corrected chi connectivity index (χ0v) is 10.4. The minimum Gasteiger partial charge on any atom is -0.462 e. The first-order valence-corrected chi connectivity index (χ1v) is 5.76. The minimum absolute atomic E-state index is 0.0395. The lowest BCUT2D eigenvalue weighted by Gasteiger charge is -2.09. The van der Waals surface area contributed by atoms with Crippen molar-refractivity contribution in [2.45, 2.75) is 17.3 Å². The van der Waals surface area contributed by atoms with Gasteiger partial charge in [0.15, 0.2) is 0 Å². The number of nitriles is 1. The predicted molar refractivity (Wildman–Crippen MR) is 59.0 cm³/mol. The SMILES string of the molecule is CCOC(=O)c1c(F)cc(SC(F)(F)F)cc1C#N. The van der Waals surface area contributed by atoms with Crippen LogP contribution in [0.25, 0.3) is 0 Å². The Hall–Kier alpha value is -1.75. The topological polar surface area (TPSA) is 50.1 Å². The maximum atomic E-state index is 13.6. The van der Waals surface area contributed by atoms with Crippen molar-refractivity contribution in [2.75, 3.05) is 6.61 Å². The van der Waals surface area contributed by atoms with Gasteiger partial charge in [-0.1, -0.05) is 0 Å². The highest BCUT2D eigenvalue weighted by Crippen LogP contribution is 2.38. The molecule has 0 aliphatic carbocycles. The molecule has 8 heteroatoms. The highest BCUT2D eigenvalue weighted by molar-refractivity contribution is 8.00. The van der Waals surface area contributed by atoms with E-state index in [1.807, 2.05) is 0 Å². The molecule has 0 spiro atoms. The fourth-order valence-electron chi connectivity index (χ4n) is 1.27. The Labute approximate surface area is 110 Å². The monoisotopic (exact) mass is 293 g/mol. The zero-order chi connectivity index (χ0) is 14.6. The summed E-state index contributed by atoms with van der Waals surface area (Å²) in [7, 11) is 0. The van der Waals surface area contributed by atoms with Crippen LogP contribution >= 0.6 is 11.8 Å². The first-order valence-electron chi connectivity index (χ1n) is 4.95. The van der Waals surface area contributed by atoms with E-state index in [9.17, 15) is 22.4 Å². The average molecular weight is 293 g/mol. The molecule has 0 amide bonds. The molecule has 1 aromatic carbocycles. The number of ether oxygens (including phenoxy) is 1. The molecule has 0 bridgehead atoms. The Morgan fingerprint density at radius 3 is 2.58 bits per heavy atom. The molecule has 0 aliphatic rings. The molecule has 0 saturated heterocycles. The van der Waals surface area contributed by atoms with Crippen LogP contribution in [0, 0.1) is 17.1 Å². The Morgan fingerprint density at radius 1 is 1.47 bits per heavy atom. The number of carbonyl (C=O) groups is 1. The molecule has 102 valence electrons. The van der Waals surface area contributed by atoms with Gasteiger partial charge in [-0.3, -0.25) is 0 Å². The summed E-state index contributed by atoms with van der Waals surface area (Å²) >= 11 is -0.565. The zero-order valence-electron chi connectivity index (χ0n) is 9.55. The van der Waals surface area contributed by atoms with E-state index in [4.69, 9.17) is 5.26 Å². The lowest BCUT2D eigenvalue weighted by molar-refractivity contribution is -0.0328. The molecule has 0 N–H and O–H groups in total. The lowest BCUT2D eigenvalue weighted by Crippen LogP contribution is -2.10. The fourth-order valence-corrected chi connectivity index (χ4v) is 1.88. The van der Waals surface area contributed by atoms with E-state index in [1.165, 1.54) is 13.0 Å². The highest BCUT2D eigenvalue weighted by atomic mass is 32.2. The van der Waals surface area contributed by atoms with Crippen molar-refractivity contribution in [3.05, 3.63) is 29.1 Å². The molecule has 0 atom stereocenters. The van der Waals surface area contributed by atoms with E-state index in [-0.39, 0.29) is 6.61 Å². The standard InChI is InChI=1S/C11H7F4NO2S/c1-2-18-10(17)9-6(5-16)3-7(4-8(9)12)19-11(13,14)15/h3-4H,2H2,1H3. The van der Waals surface area contributed by atoms with Crippen molar-refractivity contribution in [2.24, 2.45) is 0 Å². The van der Waals surface area contributed by atoms with Gasteiger partial charge in [0.2, 0.25) is 0 Å². The van der Waals surface area contributed by atoms with Gasteiger partial charge in [-0.15, -0.1) is 0 Å². The van der Waals surface area contributed by atoms with Crippen molar-refractivity contribution >= 4 is 17.7 Å². The molecule has 0 saturated carbocycles. The van der Waals surface area contributed by atoms with Crippen LogP contribution in [-0.2, 0) is 4.74 Å². The summed E-state index contributed by atoms with van der Waals surface area (Å²) in [6.45, 7) is 1.44. The van der Waals surface area contributed by atoms with Gasteiger partial charge in [-0.25, -0.2) is 9.18 Å². The van der Waals surface area contributed by atoms with E-state index in [2.05, 4.69) is 4.74 Å². The number of benzene rings is 1. The van der Waals surface area contributed by atoms with Gasteiger partial charge in [-0.2, -0.15) is 18.4 Å². The number of hydrogen-bond acceptors (Lipinski definition) is 4. The van der Waals surface area contributed by atoms with E-state index in [0.29, 0.717) is 6.07 Å². The molecule has 0 heterocycles. The molecule has 1 aromatic rings. The van der Waals surface area contributed by atoms with Crippen LogP contribution in [0.5, 0.6) is 0 Å². The Morgan fingerprint density at radius 2 is 2.11 bits per heavy atom. The van der Waals surface area contributed by atoms with Crippen molar-refractivity contribution in [1.29, 1.82) is 5.26 Å². The maximum absolute atomic E-state index is 13.6. The number of carbonyl (C=O) groups excluding carboxylic acids is 1. The van der Waals surface area contributed by atoms with E-state index < -0.39 is 45.1 Å². The summed E-state index contributed by atoms with van der Waals surface area (Å²) < 4.78 is 54.6. The molecule has 0 aromatic heterocycles. The van der Waals surface area contributed by atoms with Crippen LogP contribution < -0.4 is 0 Å². The Bertz CT molecular complexity index is 537. The Balaban J connectivity index is 3.23. The maximum Gasteiger partial charge on any atom is 0.446 e. The number of hydrogen-bond donors (Lipinski definition) is 0. The van der Waals surface area contributed by atoms with E-state index in [0.717, 1.165) is 6.07 Å². The van der Waals surface area contributed by atoms with Crippen LogP contribution in [0.15, 0.2) is 17.0 Å². The van der Waals surface area contributed by atoms with Gasteiger partial charge in [0, 0.05) is 4.90 Å². The number of thioether (sulfide) groups is 1. The van der Waals surface area contributed by atoms with Crippen LogP contribution in [0.2, 0.25) is 0 Å². The smallest absolute Gasteiger partial charge is 0.446 e. The van der Waals surface area contributed by atoms with Gasteiger partial charge in [0.25, 0.3) is 0 Å². The fraction of sp³-hybridized carbons (Fsp3) is 0.273. The average Bonchev–Trinajstić information content (AvgIpc) is 2.25. The largest absolute Gasteiger partial charge is 0.462 e. The molecule has 19 heavy (non-hydrogen) atoms. The molecule has 1 rings (SSSR count). The van der Waals surface area contributed by atoms with E-state index >= 15 is 0 Å². The van der Waals surface area contributed by atoms with Crippen LogP contribution in [0.3, 0.4) is 0 Å². The second-order valence-corrected chi connectivity index (χ2v) is 4.35. The predicted octanol–water partition coefficient (Wildman–Crippen LogP) is 3.49. The first-order chi connectivity index (χ1) is 8.78. The van der Waals surface area contributed by atoms with Gasteiger partial charge < -0.3 is 4.74 Å². The number of rotatable bonds is 3. The summed E-state index contributed by atoms with van der Waals surface area (Å²) in [5, 5.41) is 8.77. The van der Waals surface area contributed by atoms with Gasteiger partial charge in [0.1, 0.15) is 17.4 Å². The summed E-state index contributed by atoms with van der Waals surface area (Å²) in [5.41, 5.74) is -5.76. The highest BCUT2D eigenvalue weighted by Gasteiger charge is 2.30. The number of halogens is 4. The second kappa shape index (κ2) is 5.93. The molecular formula is C11H7F4NO2S. The normalized spacial score (nSPS) is 10.9. The second-order valence-electron chi connectivity index (χ2n) is 3.21. The Kier molecular flexibility index (Phi) is 4.78. The lowest BCUT2D eigenvalue weighted by atomic mass is 10.1. The third-order valence-corrected chi connectivity index (χ3v) is 2.60.